The van der Waals surface area contributed by atoms with Gasteiger partial charge in [0, 0.05) is 28.9 Å². The van der Waals surface area contributed by atoms with E-state index in [1.165, 1.54) is 9.90 Å². The molecule has 2 aromatic heterocycles. The lowest BCUT2D eigenvalue weighted by Crippen LogP contribution is -1.77. The molecular formula is C9H8N2S2. The predicted octanol–water partition coefficient (Wildman–Crippen LogP) is 2.83. The third-order valence-corrected chi connectivity index (χ3v) is 3.48. The highest BCUT2D eigenvalue weighted by atomic mass is 32.2. The minimum atomic E-state index is 0.946. The molecule has 2 rings (SSSR count). The number of hydrogen-bond donors (Lipinski definition) is 0. The van der Waals surface area contributed by atoms with Crippen LogP contribution in [0.1, 0.15) is 5.01 Å². The summed E-state index contributed by atoms with van der Waals surface area (Å²) >= 11 is 3.48. The van der Waals surface area contributed by atoms with Crippen LogP contribution in [0.2, 0.25) is 0 Å². The summed E-state index contributed by atoms with van der Waals surface area (Å²) in [5, 5.41) is 3.17. The fourth-order valence-corrected chi connectivity index (χ4v) is 2.43. The second kappa shape index (κ2) is 4.39. The van der Waals surface area contributed by atoms with Gasteiger partial charge in [-0.1, -0.05) is 0 Å². The minimum Gasteiger partial charge on any atom is -0.265 e. The molecule has 0 saturated heterocycles. The van der Waals surface area contributed by atoms with Gasteiger partial charge in [-0.15, -0.1) is 23.1 Å². The third kappa shape index (κ3) is 2.54. The number of aromatic nitrogens is 2. The number of thioether (sulfide) groups is 1. The molecule has 0 bridgehead atoms. The van der Waals surface area contributed by atoms with E-state index in [1.54, 1.807) is 23.1 Å². The molecule has 2 heterocycles. The molecule has 66 valence electrons. The summed E-state index contributed by atoms with van der Waals surface area (Å²) in [6.45, 7) is 0. The van der Waals surface area contributed by atoms with Gasteiger partial charge in [-0.25, -0.2) is 4.98 Å². The average Bonchev–Trinajstić information content (AvgIpc) is 2.69. The highest BCUT2D eigenvalue weighted by Crippen LogP contribution is 2.22. The molecule has 0 fully saturated rings. The predicted molar refractivity (Wildman–Crippen MR) is 55.9 cm³/mol. The molecule has 0 aliphatic heterocycles. The van der Waals surface area contributed by atoms with Crippen LogP contribution < -0.4 is 0 Å². The summed E-state index contributed by atoms with van der Waals surface area (Å²) in [7, 11) is 0. The Labute approximate surface area is 85.1 Å². The van der Waals surface area contributed by atoms with Crippen LogP contribution in [0.3, 0.4) is 0 Å². The molecule has 0 unspecified atom stereocenters. The summed E-state index contributed by atoms with van der Waals surface area (Å²) in [5.41, 5.74) is 0. The number of rotatable bonds is 3. The van der Waals surface area contributed by atoms with Crippen LogP contribution in [0.5, 0.6) is 0 Å². The second-order valence-electron chi connectivity index (χ2n) is 2.40. The zero-order chi connectivity index (χ0) is 8.93. The first-order chi connectivity index (χ1) is 6.45. The van der Waals surface area contributed by atoms with Gasteiger partial charge in [0.2, 0.25) is 0 Å². The van der Waals surface area contributed by atoms with Crippen LogP contribution in [-0.2, 0) is 5.75 Å². The quantitative estimate of drug-likeness (QED) is 0.725. The van der Waals surface area contributed by atoms with Crippen molar-refractivity contribution in [3.05, 3.63) is 41.1 Å². The number of hydrogen-bond acceptors (Lipinski definition) is 4. The third-order valence-electron chi connectivity index (χ3n) is 1.50. The lowest BCUT2D eigenvalue weighted by atomic mass is 10.5. The molecule has 0 spiro atoms. The lowest BCUT2D eigenvalue weighted by Gasteiger charge is -1.96. The lowest BCUT2D eigenvalue weighted by molar-refractivity contribution is 1.24. The van der Waals surface area contributed by atoms with Gasteiger partial charge in [0.25, 0.3) is 0 Å². The van der Waals surface area contributed by atoms with Gasteiger partial charge >= 0.3 is 0 Å². The average molecular weight is 208 g/mol. The van der Waals surface area contributed by atoms with Gasteiger partial charge in [-0.2, -0.15) is 0 Å². The summed E-state index contributed by atoms with van der Waals surface area (Å²) < 4.78 is 0. The van der Waals surface area contributed by atoms with Gasteiger partial charge in [0.1, 0.15) is 5.01 Å². The molecule has 0 saturated carbocycles. The highest BCUT2D eigenvalue weighted by molar-refractivity contribution is 7.98. The first kappa shape index (κ1) is 8.72. The van der Waals surface area contributed by atoms with Crippen molar-refractivity contribution in [3.8, 4) is 0 Å². The van der Waals surface area contributed by atoms with E-state index >= 15 is 0 Å². The van der Waals surface area contributed by atoms with E-state index in [-0.39, 0.29) is 0 Å². The van der Waals surface area contributed by atoms with E-state index in [2.05, 4.69) is 9.97 Å². The fraction of sp³-hybridized carbons (Fsp3) is 0.111. The summed E-state index contributed by atoms with van der Waals surface area (Å²) in [5.74, 6) is 0.946. The normalized spacial score (nSPS) is 10.2. The maximum Gasteiger partial charge on any atom is 0.103 e. The molecule has 13 heavy (non-hydrogen) atoms. The Morgan fingerprint density at radius 3 is 2.77 bits per heavy atom. The van der Waals surface area contributed by atoms with Crippen molar-refractivity contribution in [2.45, 2.75) is 10.6 Å². The Bertz CT molecular complexity index is 345. The first-order valence-corrected chi connectivity index (χ1v) is 5.73. The van der Waals surface area contributed by atoms with Crippen LogP contribution in [0.15, 0.2) is 41.0 Å². The molecule has 0 aliphatic carbocycles. The Hall–Kier alpha value is -0.870. The van der Waals surface area contributed by atoms with Crippen LogP contribution in [0, 0.1) is 0 Å². The molecule has 0 aromatic carbocycles. The molecule has 4 heteroatoms. The molecule has 0 radical (unpaired) electrons. The Morgan fingerprint density at radius 2 is 2.08 bits per heavy atom. The molecular weight excluding hydrogens is 200 g/mol. The highest BCUT2D eigenvalue weighted by Gasteiger charge is 1.96. The van der Waals surface area contributed by atoms with Crippen molar-refractivity contribution in [3.63, 3.8) is 0 Å². The van der Waals surface area contributed by atoms with Crippen molar-refractivity contribution in [1.29, 1.82) is 0 Å². The van der Waals surface area contributed by atoms with Gasteiger partial charge in [0.15, 0.2) is 0 Å². The van der Waals surface area contributed by atoms with E-state index in [0.717, 1.165) is 5.75 Å². The zero-order valence-electron chi connectivity index (χ0n) is 6.88. The van der Waals surface area contributed by atoms with Crippen LogP contribution in [0.25, 0.3) is 0 Å². The van der Waals surface area contributed by atoms with Crippen molar-refractivity contribution in [2.24, 2.45) is 0 Å². The second-order valence-corrected chi connectivity index (χ2v) is 4.43. The smallest absolute Gasteiger partial charge is 0.103 e. The van der Waals surface area contributed by atoms with Gasteiger partial charge in [-0.3, -0.25) is 4.98 Å². The molecule has 2 nitrogen and oxygen atoms in total. The monoisotopic (exact) mass is 208 g/mol. The Morgan fingerprint density at radius 1 is 1.23 bits per heavy atom. The fourth-order valence-electron chi connectivity index (χ4n) is 0.904. The topological polar surface area (TPSA) is 25.8 Å². The molecule has 2 aromatic rings. The minimum absolute atomic E-state index is 0.946. The van der Waals surface area contributed by atoms with E-state index in [0.29, 0.717) is 0 Å². The molecule has 0 atom stereocenters. The van der Waals surface area contributed by atoms with Crippen molar-refractivity contribution >= 4 is 23.1 Å². The van der Waals surface area contributed by atoms with E-state index in [4.69, 9.17) is 0 Å². The standard InChI is InChI=1S/C9H8N2S2/c1-3-10-4-2-8(1)13-7-9-11-5-6-12-9/h1-6H,7H2. The largest absolute Gasteiger partial charge is 0.265 e. The number of nitrogens with zero attached hydrogens (tertiary/aromatic N) is 2. The van der Waals surface area contributed by atoms with Crippen molar-refractivity contribution in [1.82, 2.24) is 9.97 Å². The SMILES string of the molecule is c1cc(SCc2nccs2)ccn1. The molecule has 0 aliphatic rings. The Kier molecular flexibility index (Phi) is 2.94. The van der Waals surface area contributed by atoms with Crippen molar-refractivity contribution in [2.75, 3.05) is 0 Å². The van der Waals surface area contributed by atoms with E-state index in [9.17, 15) is 0 Å². The van der Waals surface area contributed by atoms with Crippen molar-refractivity contribution < 1.29 is 0 Å². The van der Waals surface area contributed by atoms with Crippen LogP contribution in [-0.4, -0.2) is 9.97 Å². The maximum absolute atomic E-state index is 4.21. The van der Waals surface area contributed by atoms with Gasteiger partial charge < -0.3 is 0 Å². The van der Waals surface area contributed by atoms with Crippen LogP contribution in [0.4, 0.5) is 0 Å². The number of pyridine rings is 1. The molecule has 0 N–H and O–H groups in total. The number of thiazole rings is 1. The first-order valence-electron chi connectivity index (χ1n) is 3.86. The summed E-state index contributed by atoms with van der Waals surface area (Å²) in [6.07, 6.45) is 5.46. The Balaban J connectivity index is 1.94. The summed E-state index contributed by atoms with van der Waals surface area (Å²) in [6, 6.07) is 4.02. The van der Waals surface area contributed by atoms with E-state index < -0.39 is 0 Å². The van der Waals surface area contributed by atoms with E-state index in [1.807, 2.05) is 36.1 Å². The van der Waals surface area contributed by atoms with Gasteiger partial charge in [0.05, 0.1) is 5.75 Å². The summed E-state index contributed by atoms with van der Waals surface area (Å²) in [4.78, 5) is 9.42. The zero-order valence-corrected chi connectivity index (χ0v) is 8.52. The maximum atomic E-state index is 4.21. The molecule has 0 amide bonds. The van der Waals surface area contributed by atoms with Crippen LogP contribution >= 0.6 is 23.1 Å². The van der Waals surface area contributed by atoms with Gasteiger partial charge in [-0.05, 0) is 12.1 Å².